The van der Waals surface area contributed by atoms with Crippen LogP contribution in [0.4, 0.5) is 5.69 Å². The first-order valence-electron chi connectivity index (χ1n) is 14.3. The largest absolute Gasteiger partial charge is 0.493 e. The molecule has 0 aromatic heterocycles. The Bertz CT molecular complexity index is 1100. The number of anilines is 1. The highest BCUT2D eigenvalue weighted by Gasteiger charge is 2.23. The molecule has 39 heavy (non-hydrogen) atoms. The van der Waals surface area contributed by atoms with Gasteiger partial charge in [0.25, 0.3) is 5.91 Å². The van der Waals surface area contributed by atoms with Crippen molar-refractivity contribution in [3.8, 4) is 5.75 Å². The van der Waals surface area contributed by atoms with Crippen LogP contribution in [0.2, 0.25) is 0 Å². The number of ether oxygens (including phenoxy) is 3. The number of carbonyl (C=O) groups is 2. The number of hydrogen-bond acceptors (Lipinski definition) is 7. The van der Waals surface area contributed by atoms with Gasteiger partial charge in [-0.3, -0.25) is 14.6 Å². The van der Waals surface area contributed by atoms with Gasteiger partial charge in [-0.05, 0) is 54.3 Å². The Morgan fingerprint density at radius 1 is 1.05 bits per heavy atom. The molecule has 0 saturated carbocycles. The van der Waals surface area contributed by atoms with E-state index < -0.39 is 0 Å². The average Bonchev–Trinajstić information content (AvgIpc) is 2.96. The zero-order valence-electron chi connectivity index (χ0n) is 23.0. The minimum absolute atomic E-state index is 0.0622. The molecular formula is C31H41N3O5. The van der Waals surface area contributed by atoms with Gasteiger partial charge < -0.3 is 19.5 Å². The number of rotatable bonds is 13. The van der Waals surface area contributed by atoms with Gasteiger partial charge in [0.05, 0.1) is 52.2 Å². The van der Waals surface area contributed by atoms with Crippen molar-refractivity contribution in [1.29, 1.82) is 0 Å². The molecule has 1 unspecified atom stereocenters. The molecule has 1 fully saturated rings. The molecule has 2 aromatic carbocycles. The molecule has 1 atom stereocenters. The van der Waals surface area contributed by atoms with Crippen LogP contribution >= 0.6 is 0 Å². The number of nitrogens with zero attached hydrogens (tertiary/aromatic N) is 2. The molecule has 2 aliphatic heterocycles. The molecule has 2 aromatic rings. The number of morpholine rings is 1. The molecule has 4 rings (SSSR count). The van der Waals surface area contributed by atoms with Crippen molar-refractivity contribution < 1.29 is 23.8 Å². The van der Waals surface area contributed by atoms with Crippen molar-refractivity contribution in [2.24, 2.45) is 11.0 Å². The molecule has 1 saturated heterocycles. The van der Waals surface area contributed by atoms with E-state index in [0.29, 0.717) is 50.5 Å². The van der Waals surface area contributed by atoms with E-state index in [9.17, 15) is 9.59 Å². The highest BCUT2D eigenvalue weighted by molar-refractivity contribution is 6.04. The van der Waals surface area contributed by atoms with Crippen LogP contribution in [0.15, 0.2) is 47.6 Å². The second-order valence-corrected chi connectivity index (χ2v) is 10.3. The third-order valence-electron chi connectivity index (χ3n) is 7.05. The lowest BCUT2D eigenvalue weighted by atomic mass is 9.93. The van der Waals surface area contributed by atoms with Gasteiger partial charge in [-0.25, -0.2) is 0 Å². The number of esters is 1. The lowest BCUT2D eigenvalue weighted by molar-refractivity contribution is -0.145. The van der Waals surface area contributed by atoms with Gasteiger partial charge in [0.1, 0.15) is 5.75 Å². The predicted octanol–water partition coefficient (Wildman–Crippen LogP) is 5.45. The van der Waals surface area contributed by atoms with Crippen molar-refractivity contribution in [2.45, 2.75) is 58.3 Å². The maximum atomic E-state index is 12.8. The Kier molecular flexibility index (Phi) is 11.2. The second-order valence-electron chi connectivity index (χ2n) is 10.3. The maximum Gasteiger partial charge on any atom is 0.306 e. The molecule has 0 bridgehead atoms. The molecule has 210 valence electrons. The molecule has 2 aliphatic rings. The first-order chi connectivity index (χ1) is 19.1. The van der Waals surface area contributed by atoms with E-state index in [1.807, 2.05) is 35.3 Å². The minimum Gasteiger partial charge on any atom is -0.493 e. The quantitative estimate of drug-likeness (QED) is 0.208. The van der Waals surface area contributed by atoms with Gasteiger partial charge in [0, 0.05) is 17.2 Å². The van der Waals surface area contributed by atoms with E-state index in [1.54, 1.807) is 18.3 Å². The van der Waals surface area contributed by atoms with Crippen LogP contribution in [0.25, 0.3) is 0 Å². The average molecular weight is 536 g/mol. The molecule has 2 heterocycles. The van der Waals surface area contributed by atoms with Crippen LogP contribution in [0.3, 0.4) is 0 Å². The van der Waals surface area contributed by atoms with Crippen LogP contribution in [-0.4, -0.2) is 62.6 Å². The van der Waals surface area contributed by atoms with Crippen LogP contribution in [0.1, 0.15) is 73.4 Å². The van der Waals surface area contributed by atoms with E-state index in [2.05, 4.69) is 17.3 Å². The zero-order chi connectivity index (χ0) is 27.3. The number of fused-ring (bicyclic) bond motifs is 1. The second kappa shape index (κ2) is 15.3. The van der Waals surface area contributed by atoms with E-state index >= 15 is 0 Å². The van der Waals surface area contributed by atoms with Crippen molar-refractivity contribution in [3.05, 3.63) is 59.2 Å². The molecule has 0 spiro atoms. The monoisotopic (exact) mass is 535 g/mol. The number of benzene rings is 2. The van der Waals surface area contributed by atoms with Crippen LogP contribution in [0, 0.1) is 5.92 Å². The Balaban J connectivity index is 1.23. The predicted molar refractivity (Wildman–Crippen MR) is 152 cm³/mol. The van der Waals surface area contributed by atoms with Gasteiger partial charge in [-0.15, -0.1) is 0 Å². The van der Waals surface area contributed by atoms with Gasteiger partial charge in [-0.1, -0.05) is 51.2 Å². The summed E-state index contributed by atoms with van der Waals surface area (Å²) in [6.07, 6.45) is 9.84. The number of unbranched alkanes of at least 4 members (excludes halogenated alkanes) is 5. The molecule has 8 heteroatoms. The number of nitrogens with one attached hydrogen (secondary N) is 1. The summed E-state index contributed by atoms with van der Waals surface area (Å²) < 4.78 is 16.7. The molecule has 1 amide bonds. The fourth-order valence-electron chi connectivity index (χ4n) is 4.77. The summed E-state index contributed by atoms with van der Waals surface area (Å²) >= 11 is 0. The Hall–Kier alpha value is -3.39. The van der Waals surface area contributed by atoms with Crippen LogP contribution in [0.5, 0.6) is 5.75 Å². The Labute approximate surface area is 231 Å². The zero-order valence-corrected chi connectivity index (χ0v) is 23.0. The lowest BCUT2D eigenvalue weighted by Gasteiger charge is -2.25. The minimum atomic E-state index is -0.182. The van der Waals surface area contributed by atoms with Crippen molar-refractivity contribution >= 4 is 23.8 Å². The first-order valence-corrected chi connectivity index (χ1v) is 14.3. The SMILES string of the molecule is CCCCCCCCOC(=O)CC1COc2ccc(NC(=O)c3ccc(/C=N/N4CCOCC4)cc3)cc2C1. The number of amides is 1. The molecular weight excluding hydrogens is 494 g/mol. The van der Waals surface area contributed by atoms with Gasteiger partial charge in [0.15, 0.2) is 0 Å². The molecule has 8 nitrogen and oxygen atoms in total. The van der Waals surface area contributed by atoms with Crippen LogP contribution < -0.4 is 10.1 Å². The smallest absolute Gasteiger partial charge is 0.306 e. The fourth-order valence-corrected chi connectivity index (χ4v) is 4.77. The topological polar surface area (TPSA) is 89.5 Å². The van der Waals surface area contributed by atoms with Crippen molar-refractivity contribution in [1.82, 2.24) is 5.01 Å². The number of hydrazone groups is 1. The molecule has 0 aliphatic carbocycles. The highest BCUT2D eigenvalue weighted by Crippen LogP contribution is 2.31. The summed E-state index contributed by atoms with van der Waals surface area (Å²) in [5.74, 6) is 0.516. The standard InChI is InChI=1S/C31H41N3O5/c1-2-3-4-5-6-7-16-38-30(35)20-25-19-27-21-28(12-13-29(27)39-23-25)33-31(36)26-10-8-24(9-11-26)22-32-34-14-17-37-18-15-34/h8-13,21-22,25H,2-7,14-20,23H2,1H3,(H,33,36)/b32-22+. The first kappa shape index (κ1) is 28.6. The normalized spacial score (nSPS) is 16.9. The summed E-state index contributed by atoms with van der Waals surface area (Å²) in [4.78, 5) is 25.2. The van der Waals surface area contributed by atoms with Crippen LogP contribution in [-0.2, 0) is 20.7 Å². The summed E-state index contributed by atoms with van der Waals surface area (Å²) in [5.41, 5.74) is 3.19. The lowest BCUT2D eigenvalue weighted by Crippen LogP contribution is -2.32. The molecule has 1 N–H and O–H groups in total. The Morgan fingerprint density at radius 2 is 1.82 bits per heavy atom. The van der Waals surface area contributed by atoms with Crippen molar-refractivity contribution in [2.75, 3.05) is 44.8 Å². The number of carbonyl (C=O) groups excluding carboxylic acids is 2. The highest BCUT2D eigenvalue weighted by atomic mass is 16.5. The maximum absolute atomic E-state index is 12.8. The summed E-state index contributed by atoms with van der Waals surface area (Å²) in [7, 11) is 0. The number of hydrogen-bond donors (Lipinski definition) is 1. The summed E-state index contributed by atoms with van der Waals surface area (Å²) in [6, 6.07) is 13.0. The Morgan fingerprint density at radius 3 is 2.62 bits per heavy atom. The van der Waals surface area contributed by atoms with Gasteiger partial charge in [0.2, 0.25) is 0 Å². The van der Waals surface area contributed by atoms with E-state index in [1.165, 1.54) is 25.7 Å². The molecule has 0 radical (unpaired) electrons. The van der Waals surface area contributed by atoms with Gasteiger partial charge >= 0.3 is 5.97 Å². The summed E-state index contributed by atoms with van der Waals surface area (Å²) in [6.45, 7) is 6.14. The van der Waals surface area contributed by atoms with Crippen molar-refractivity contribution in [3.63, 3.8) is 0 Å². The van der Waals surface area contributed by atoms with E-state index in [4.69, 9.17) is 14.2 Å². The third-order valence-corrected chi connectivity index (χ3v) is 7.05. The third kappa shape index (κ3) is 9.39. The van der Waals surface area contributed by atoms with Gasteiger partial charge in [-0.2, -0.15) is 5.10 Å². The van der Waals surface area contributed by atoms with E-state index in [0.717, 1.165) is 42.8 Å². The fraction of sp³-hybridized carbons (Fsp3) is 0.516. The van der Waals surface area contributed by atoms with E-state index in [-0.39, 0.29) is 17.8 Å². The summed E-state index contributed by atoms with van der Waals surface area (Å²) in [5, 5.41) is 9.44.